The average molecular weight is 432 g/mol. The molecule has 3 aromatic rings. The van der Waals surface area contributed by atoms with Gasteiger partial charge in [-0.15, -0.1) is 0 Å². The van der Waals surface area contributed by atoms with Crippen molar-refractivity contribution < 1.29 is 9.59 Å². The number of hydrogen-bond acceptors (Lipinski definition) is 5. The minimum absolute atomic E-state index is 0.0988. The molecular formula is C25H29N5O2. The Morgan fingerprint density at radius 2 is 1.41 bits per heavy atom. The van der Waals surface area contributed by atoms with Crippen molar-refractivity contribution in [3.63, 3.8) is 0 Å². The maximum Gasteiger partial charge on any atom is 0.233 e. The van der Waals surface area contributed by atoms with Gasteiger partial charge in [0.25, 0.3) is 0 Å². The molecule has 0 atom stereocenters. The van der Waals surface area contributed by atoms with Crippen molar-refractivity contribution in [3.8, 4) is 0 Å². The number of nitrogens with one attached hydrogen (secondary N) is 2. The van der Waals surface area contributed by atoms with Gasteiger partial charge < -0.3 is 5.32 Å². The van der Waals surface area contributed by atoms with Gasteiger partial charge in [-0.3, -0.25) is 14.9 Å². The minimum Gasteiger partial charge on any atom is -0.310 e. The first-order valence-electron chi connectivity index (χ1n) is 10.5. The first-order chi connectivity index (χ1) is 14.9. The molecule has 3 rings (SSSR count). The summed E-state index contributed by atoms with van der Waals surface area (Å²) in [4.78, 5) is 38.4. The number of benzene rings is 1. The molecule has 7 heteroatoms. The maximum atomic E-state index is 12.7. The van der Waals surface area contributed by atoms with Gasteiger partial charge in [-0.1, -0.05) is 84.0 Å². The lowest BCUT2D eigenvalue weighted by atomic mass is 9.95. The zero-order chi connectivity index (χ0) is 23.5. The van der Waals surface area contributed by atoms with Gasteiger partial charge in [-0.25, -0.2) is 4.98 Å². The fourth-order valence-corrected chi connectivity index (χ4v) is 2.61. The van der Waals surface area contributed by atoms with E-state index in [0.29, 0.717) is 16.9 Å². The summed E-state index contributed by atoms with van der Waals surface area (Å²) in [6, 6.07) is 11.8. The Balaban J connectivity index is 2.04. The minimum atomic E-state index is -0.621. The predicted molar refractivity (Wildman–Crippen MR) is 129 cm³/mol. The summed E-state index contributed by atoms with van der Waals surface area (Å²) in [7, 11) is 0. The molecular weight excluding hydrogens is 402 g/mol. The fourth-order valence-electron chi connectivity index (χ4n) is 2.61. The lowest BCUT2D eigenvalue weighted by Gasteiger charge is -2.19. The van der Waals surface area contributed by atoms with Crippen LogP contribution in [-0.4, -0.2) is 26.8 Å². The van der Waals surface area contributed by atoms with Gasteiger partial charge in [0.1, 0.15) is 5.82 Å². The van der Waals surface area contributed by atoms with Crippen molar-refractivity contribution in [1.82, 2.24) is 15.0 Å². The van der Waals surface area contributed by atoms with E-state index in [2.05, 4.69) is 25.6 Å². The van der Waals surface area contributed by atoms with Crippen molar-refractivity contribution >= 4 is 46.8 Å². The van der Waals surface area contributed by atoms with Crippen LogP contribution in [0.4, 0.5) is 11.8 Å². The van der Waals surface area contributed by atoms with Gasteiger partial charge in [0.2, 0.25) is 17.8 Å². The third-order valence-corrected chi connectivity index (χ3v) is 4.66. The van der Waals surface area contributed by atoms with E-state index in [0.717, 1.165) is 11.1 Å². The molecule has 2 N–H and O–H groups in total. The van der Waals surface area contributed by atoms with Crippen LogP contribution in [0.3, 0.4) is 0 Å². The van der Waals surface area contributed by atoms with E-state index in [-0.39, 0.29) is 17.8 Å². The first kappa shape index (κ1) is 23.1. The van der Waals surface area contributed by atoms with Gasteiger partial charge in [0, 0.05) is 17.0 Å². The highest BCUT2D eigenvalue weighted by atomic mass is 16.2. The molecule has 0 radical (unpaired) electrons. The third-order valence-electron chi connectivity index (χ3n) is 4.66. The van der Waals surface area contributed by atoms with E-state index in [1.807, 2.05) is 69.3 Å². The number of hydrogen-bond donors (Lipinski definition) is 2. The zero-order valence-electron chi connectivity index (χ0n) is 19.4. The molecule has 166 valence electrons. The van der Waals surface area contributed by atoms with Gasteiger partial charge in [-0.05, 0) is 17.2 Å². The number of carbonyl (C=O) groups excluding carboxylic acids is 2. The fraction of sp³-hybridized carbons (Fsp3) is 0.320. The van der Waals surface area contributed by atoms with E-state index >= 15 is 0 Å². The van der Waals surface area contributed by atoms with E-state index < -0.39 is 10.8 Å². The number of amides is 2. The molecule has 0 unspecified atom stereocenters. The number of fused-ring (bicyclic) bond motifs is 1. The number of pyridine rings is 1. The molecule has 7 nitrogen and oxygen atoms in total. The van der Waals surface area contributed by atoms with Crippen molar-refractivity contribution in [1.29, 1.82) is 0 Å². The Labute approximate surface area is 188 Å². The summed E-state index contributed by atoms with van der Waals surface area (Å²) >= 11 is 0. The van der Waals surface area contributed by atoms with Gasteiger partial charge in [0.15, 0.2) is 5.65 Å². The lowest BCUT2D eigenvalue weighted by molar-refractivity contribution is -0.123. The predicted octanol–water partition coefficient (Wildman–Crippen LogP) is 5.16. The molecule has 0 aliphatic rings. The Morgan fingerprint density at radius 1 is 0.812 bits per heavy atom. The third kappa shape index (κ3) is 5.75. The zero-order valence-corrected chi connectivity index (χ0v) is 19.4. The van der Waals surface area contributed by atoms with Crippen molar-refractivity contribution in [2.24, 2.45) is 10.8 Å². The van der Waals surface area contributed by atoms with E-state index in [1.54, 1.807) is 27.0 Å². The molecule has 32 heavy (non-hydrogen) atoms. The van der Waals surface area contributed by atoms with Crippen LogP contribution in [0.25, 0.3) is 23.2 Å². The second-order valence-corrected chi connectivity index (χ2v) is 9.69. The van der Waals surface area contributed by atoms with Crippen LogP contribution < -0.4 is 10.6 Å². The van der Waals surface area contributed by atoms with E-state index in [4.69, 9.17) is 0 Å². The molecule has 0 bridgehead atoms. The van der Waals surface area contributed by atoms with Crippen molar-refractivity contribution in [2.75, 3.05) is 10.6 Å². The van der Waals surface area contributed by atoms with Crippen LogP contribution >= 0.6 is 0 Å². The number of rotatable bonds is 4. The molecule has 0 fully saturated rings. The van der Waals surface area contributed by atoms with E-state index in [9.17, 15) is 9.59 Å². The van der Waals surface area contributed by atoms with Crippen molar-refractivity contribution in [2.45, 2.75) is 41.5 Å². The Morgan fingerprint density at radius 3 is 2.03 bits per heavy atom. The Hall–Kier alpha value is -3.61. The van der Waals surface area contributed by atoms with Gasteiger partial charge >= 0.3 is 0 Å². The second-order valence-electron chi connectivity index (χ2n) is 9.69. The first-order valence-corrected chi connectivity index (χ1v) is 10.5. The summed E-state index contributed by atoms with van der Waals surface area (Å²) in [5, 5.41) is 6.18. The highest BCUT2D eigenvalue weighted by Crippen LogP contribution is 2.26. The van der Waals surface area contributed by atoms with Crippen LogP contribution in [0, 0.1) is 10.8 Å². The summed E-state index contributed by atoms with van der Waals surface area (Å²) in [5.74, 6) is -0.0218. The van der Waals surface area contributed by atoms with Crippen molar-refractivity contribution in [3.05, 3.63) is 53.7 Å². The molecule has 2 amide bonds. The van der Waals surface area contributed by atoms with Crippen LogP contribution in [0.2, 0.25) is 0 Å². The Kier molecular flexibility index (Phi) is 6.39. The second kappa shape index (κ2) is 8.86. The molecule has 1 aromatic carbocycles. The van der Waals surface area contributed by atoms with Crippen LogP contribution in [0.1, 0.15) is 52.7 Å². The number of anilines is 2. The standard InChI is InChI=1S/C25H29N5O2/c1-24(2,3)21(31)27-20-18-14-17(13-12-16-10-8-7-9-11-16)15-26-19(18)28-23(29-20)30-22(32)25(4,5)6/h7-15H,1-6H3,(H2,26,27,28,29,30,31,32)/b13-12+. The van der Waals surface area contributed by atoms with Gasteiger partial charge in [0.05, 0.1) is 5.39 Å². The molecule has 2 heterocycles. The topological polar surface area (TPSA) is 96.9 Å². The number of carbonyl (C=O) groups is 2. The summed E-state index contributed by atoms with van der Waals surface area (Å²) < 4.78 is 0. The average Bonchev–Trinajstić information content (AvgIpc) is 2.71. The Bertz CT molecular complexity index is 1170. The normalized spacial score (nSPS) is 12.2. The summed E-state index contributed by atoms with van der Waals surface area (Å²) in [6.07, 6.45) is 5.61. The van der Waals surface area contributed by atoms with Crippen LogP contribution in [0.5, 0.6) is 0 Å². The molecule has 2 aromatic heterocycles. The highest BCUT2D eigenvalue weighted by Gasteiger charge is 2.25. The van der Waals surface area contributed by atoms with Crippen LogP contribution in [0.15, 0.2) is 42.6 Å². The molecule has 0 spiro atoms. The highest BCUT2D eigenvalue weighted by molar-refractivity contribution is 6.02. The molecule has 0 saturated carbocycles. The monoisotopic (exact) mass is 431 g/mol. The largest absolute Gasteiger partial charge is 0.310 e. The van der Waals surface area contributed by atoms with Gasteiger partial charge in [-0.2, -0.15) is 9.97 Å². The van der Waals surface area contributed by atoms with E-state index in [1.165, 1.54) is 0 Å². The lowest BCUT2D eigenvalue weighted by Crippen LogP contribution is -2.30. The number of nitrogens with zero attached hydrogens (tertiary/aromatic N) is 3. The maximum absolute atomic E-state index is 12.7. The molecule has 0 aliphatic carbocycles. The molecule has 0 saturated heterocycles. The summed E-state index contributed by atoms with van der Waals surface area (Å²) in [5.41, 5.74) is 1.04. The SMILES string of the molecule is CC(C)(C)C(=O)Nc1nc(NC(=O)C(C)(C)C)c2cc(/C=C/c3ccccc3)cnc2n1. The molecule has 0 aliphatic heterocycles. The quantitative estimate of drug-likeness (QED) is 0.594. The summed E-state index contributed by atoms with van der Waals surface area (Å²) in [6.45, 7) is 10.9. The smallest absolute Gasteiger partial charge is 0.233 e. The number of aromatic nitrogens is 3. The van der Waals surface area contributed by atoms with Crippen LogP contribution in [-0.2, 0) is 9.59 Å².